The summed E-state index contributed by atoms with van der Waals surface area (Å²) in [6.07, 6.45) is 0. The van der Waals surface area contributed by atoms with Gasteiger partial charge in [-0.1, -0.05) is 12.1 Å². The molecule has 0 fully saturated rings. The summed E-state index contributed by atoms with van der Waals surface area (Å²) in [4.78, 5) is 11.8. The Morgan fingerprint density at radius 1 is 1.05 bits per heavy atom. The van der Waals surface area contributed by atoms with Gasteiger partial charge < -0.3 is 16.0 Å². The van der Waals surface area contributed by atoms with Crippen molar-refractivity contribution in [3.63, 3.8) is 0 Å². The lowest BCUT2D eigenvalue weighted by Gasteiger charge is -2.09. The Labute approximate surface area is 117 Å². The molecule has 2 aromatic rings. The Balaban J connectivity index is 1.97. The molecule has 0 bridgehead atoms. The number of hydrogen-bond acceptors (Lipinski definition) is 2. The van der Waals surface area contributed by atoms with Gasteiger partial charge in [-0.3, -0.25) is 0 Å². The lowest BCUT2D eigenvalue weighted by molar-refractivity contribution is 0.262. The van der Waals surface area contributed by atoms with Crippen LogP contribution in [0.5, 0.6) is 0 Å². The van der Waals surface area contributed by atoms with E-state index in [-0.39, 0.29) is 11.8 Å². The van der Waals surface area contributed by atoms with Crippen molar-refractivity contribution in [3.05, 3.63) is 59.9 Å². The van der Waals surface area contributed by atoms with Gasteiger partial charge in [0.15, 0.2) is 0 Å². The van der Waals surface area contributed by atoms with Crippen LogP contribution in [0.25, 0.3) is 0 Å². The van der Waals surface area contributed by atoms with E-state index in [2.05, 4.69) is 16.0 Å². The monoisotopic (exact) mass is 273 g/mol. The molecule has 0 saturated carbocycles. The fraction of sp³-hybridized carbons (Fsp3) is 0.133. The minimum Gasteiger partial charge on any atom is -0.316 e. The molecular formula is C15H16FN3O. The van der Waals surface area contributed by atoms with Crippen LogP contribution in [0.3, 0.4) is 0 Å². The minimum atomic E-state index is -0.363. The van der Waals surface area contributed by atoms with E-state index in [1.807, 2.05) is 31.3 Å². The summed E-state index contributed by atoms with van der Waals surface area (Å²) in [7, 11) is 1.86. The molecule has 0 saturated heterocycles. The Bertz CT molecular complexity index is 584. The number of amides is 2. The normalized spacial score (nSPS) is 10.1. The van der Waals surface area contributed by atoms with Crippen molar-refractivity contribution < 1.29 is 9.18 Å². The van der Waals surface area contributed by atoms with Crippen LogP contribution in [-0.2, 0) is 6.54 Å². The number of urea groups is 1. The molecule has 0 radical (unpaired) electrons. The zero-order chi connectivity index (χ0) is 14.4. The first-order chi connectivity index (χ1) is 9.67. The number of hydrogen-bond donors (Lipinski definition) is 3. The second kappa shape index (κ2) is 6.68. The summed E-state index contributed by atoms with van der Waals surface area (Å²) in [5.41, 5.74) is 2.32. The number of nitrogens with one attached hydrogen (secondary N) is 3. The number of benzene rings is 2. The standard InChI is InChI=1S/C15H16FN3O/c1-17-10-11-3-2-4-14(9-11)19-15(20)18-13-7-5-12(16)6-8-13/h2-9,17H,10H2,1H3,(H2,18,19,20). The lowest BCUT2D eigenvalue weighted by Crippen LogP contribution is -2.19. The van der Waals surface area contributed by atoms with Crippen LogP contribution in [0.15, 0.2) is 48.5 Å². The summed E-state index contributed by atoms with van der Waals surface area (Å²) in [6.45, 7) is 0.731. The average molecular weight is 273 g/mol. The Morgan fingerprint density at radius 2 is 1.75 bits per heavy atom. The largest absolute Gasteiger partial charge is 0.323 e. The van der Waals surface area contributed by atoms with Gasteiger partial charge >= 0.3 is 6.03 Å². The molecule has 5 heteroatoms. The maximum atomic E-state index is 12.8. The highest BCUT2D eigenvalue weighted by Crippen LogP contribution is 2.12. The van der Waals surface area contributed by atoms with Crippen LogP contribution >= 0.6 is 0 Å². The molecule has 0 aliphatic rings. The van der Waals surface area contributed by atoms with Crippen molar-refractivity contribution in [2.24, 2.45) is 0 Å². The van der Waals surface area contributed by atoms with Gasteiger partial charge in [0.2, 0.25) is 0 Å². The maximum absolute atomic E-state index is 12.8. The number of anilines is 2. The van der Waals surface area contributed by atoms with Gasteiger partial charge in [0.25, 0.3) is 0 Å². The van der Waals surface area contributed by atoms with Gasteiger partial charge in [0.05, 0.1) is 0 Å². The first-order valence-corrected chi connectivity index (χ1v) is 6.24. The zero-order valence-corrected chi connectivity index (χ0v) is 11.1. The van der Waals surface area contributed by atoms with Gasteiger partial charge in [0, 0.05) is 17.9 Å². The molecule has 2 aromatic carbocycles. The van der Waals surface area contributed by atoms with Crippen LogP contribution in [0, 0.1) is 5.82 Å². The Morgan fingerprint density at radius 3 is 2.45 bits per heavy atom. The summed E-state index contributed by atoms with van der Waals surface area (Å²) >= 11 is 0. The van der Waals surface area contributed by atoms with Crippen molar-refractivity contribution in [3.8, 4) is 0 Å². The third kappa shape index (κ3) is 4.07. The second-order valence-electron chi connectivity index (χ2n) is 4.32. The van der Waals surface area contributed by atoms with E-state index in [9.17, 15) is 9.18 Å². The van der Waals surface area contributed by atoms with Gasteiger partial charge in [-0.05, 0) is 49.0 Å². The van der Waals surface area contributed by atoms with Crippen molar-refractivity contribution in [2.45, 2.75) is 6.54 Å². The SMILES string of the molecule is CNCc1cccc(NC(=O)Nc2ccc(F)cc2)c1. The van der Waals surface area contributed by atoms with E-state index in [4.69, 9.17) is 0 Å². The molecule has 2 rings (SSSR count). The smallest absolute Gasteiger partial charge is 0.316 e. The maximum Gasteiger partial charge on any atom is 0.323 e. The highest BCUT2D eigenvalue weighted by molar-refractivity contribution is 5.99. The molecule has 0 heterocycles. The van der Waals surface area contributed by atoms with E-state index >= 15 is 0 Å². The van der Waals surface area contributed by atoms with Gasteiger partial charge in [-0.2, -0.15) is 0 Å². The minimum absolute atomic E-state index is 0.337. The summed E-state index contributed by atoms with van der Waals surface area (Å²) < 4.78 is 12.8. The summed E-state index contributed by atoms with van der Waals surface area (Å²) in [6, 6.07) is 12.8. The fourth-order valence-electron chi connectivity index (χ4n) is 1.79. The van der Waals surface area contributed by atoms with Crippen molar-refractivity contribution >= 4 is 17.4 Å². The molecule has 0 spiro atoms. The van der Waals surface area contributed by atoms with Crippen molar-refractivity contribution in [1.29, 1.82) is 0 Å². The zero-order valence-electron chi connectivity index (χ0n) is 11.1. The first-order valence-electron chi connectivity index (χ1n) is 6.24. The second-order valence-corrected chi connectivity index (χ2v) is 4.32. The van der Waals surface area contributed by atoms with Crippen LogP contribution in [-0.4, -0.2) is 13.1 Å². The quantitative estimate of drug-likeness (QED) is 0.801. The van der Waals surface area contributed by atoms with E-state index in [0.717, 1.165) is 12.1 Å². The number of carbonyl (C=O) groups excluding carboxylic acids is 1. The molecule has 0 aliphatic carbocycles. The number of halogens is 1. The van der Waals surface area contributed by atoms with Crippen LogP contribution in [0.1, 0.15) is 5.56 Å². The summed E-state index contributed by atoms with van der Waals surface area (Å²) in [5, 5.41) is 8.41. The average Bonchev–Trinajstić information content (AvgIpc) is 2.42. The molecule has 0 aliphatic heterocycles. The molecular weight excluding hydrogens is 257 g/mol. The summed E-state index contributed by atoms with van der Waals surface area (Å²) in [5.74, 6) is -0.337. The van der Waals surface area contributed by atoms with Crippen LogP contribution < -0.4 is 16.0 Å². The van der Waals surface area contributed by atoms with Crippen LogP contribution in [0.2, 0.25) is 0 Å². The lowest BCUT2D eigenvalue weighted by atomic mass is 10.2. The molecule has 0 aromatic heterocycles. The molecule has 0 unspecified atom stereocenters. The van der Waals surface area contributed by atoms with E-state index in [0.29, 0.717) is 11.4 Å². The van der Waals surface area contributed by atoms with Crippen molar-refractivity contribution in [1.82, 2.24) is 5.32 Å². The van der Waals surface area contributed by atoms with Crippen LogP contribution in [0.4, 0.5) is 20.6 Å². The van der Waals surface area contributed by atoms with Gasteiger partial charge in [-0.25, -0.2) is 9.18 Å². The van der Waals surface area contributed by atoms with E-state index in [1.54, 1.807) is 0 Å². The molecule has 20 heavy (non-hydrogen) atoms. The third-order valence-corrected chi connectivity index (χ3v) is 2.67. The third-order valence-electron chi connectivity index (χ3n) is 2.67. The number of rotatable bonds is 4. The Hall–Kier alpha value is -2.40. The topological polar surface area (TPSA) is 53.2 Å². The molecule has 104 valence electrons. The van der Waals surface area contributed by atoms with Crippen molar-refractivity contribution in [2.75, 3.05) is 17.7 Å². The molecule has 0 atom stereocenters. The predicted molar refractivity (Wildman–Crippen MR) is 78.2 cm³/mol. The number of carbonyl (C=O) groups is 1. The van der Waals surface area contributed by atoms with Gasteiger partial charge in [-0.15, -0.1) is 0 Å². The fourth-order valence-corrected chi connectivity index (χ4v) is 1.79. The first kappa shape index (κ1) is 14.0. The molecule has 2 amide bonds. The van der Waals surface area contributed by atoms with Gasteiger partial charge in [0.1, 0.15) is 5.82 Å². The van der Waals surface area contributed by atoms with E-state index < -0.39 is 0 Å². The van der Waals surface area contributed by atoms with E-state index in [1.165, 1.54) is 24.3 Å². The Kier molecular flexibility index (Phi) is 4.68. The molecule has 3 N–H and O–H groups in total. The predicted octanol–water partition coefficient (Wildman–Crippen LogP) is 3.19. The molecule has 4 nitrogen and oxygen atoms in total. The highest BCUT2D eigenvalue weighted by atomic mass is 19.1. The highest BCUT2D eigenvalue weighted by Gasteiger charge is 2.03.